The summed E-state index contributed by atoms with van der Waals surface area (Å²) in [6.45, 7) is 7.63. The van der Waals surface area contributed by atoms with Crippen molar-refractivity contribution in [2.24, 2.45) is 5.92 Å². The lowest BCUT2D eigenvalue weighted by molar-refractivity contribution is 0.114. The summed E-state index contributed by atoms with van der Waals surface area (Å²) in [6, 6.07) is 0. The van der Waals surface area contributed by atoms with E-state index in [4.69, 9.17) is 0 Å². The summed E-state index contributed by atoms with van der Waals surface area (Å²) in [6.07, 6.45) is 3.45. The number of hydrogen-bond acceptors (Lipinski definition) is 1. The summed E-state index contributed by atoms with van der Waals surface area (Å²) < 4.78 is 0. The quantitative estimate of drug-likeness (QED) is 0.574. The van der Waals surface area contributed by atoms with Gasteiger partial charge in [0.2, 0.25) is 0 Å². The molecule has 9 heavy (non-hydrogen) atoms. The molecule has 0 aromatic rings. The van der Waals surface area contributed by atoms with Gasteiger partial charge in [0.1, 0.15) is 0 Å². The third-order valence-electron chi connectivity index (χ3n) is 1.61. The Bertz CT molecular complexity index is 78.6. The van der Waals surface area contributed by atoms with Gasteiger partial charge < -0.3 is 5.11 Å². The second-order valence-electron chi connectivity index (χ2n) is 2.48. The lowest BCUT2D eigenvalue weighted by Gasteiger charge is -2.14. The van der Waals surface area contributed by atoms with E-state index in [2.05, 4.69) is 6.58 Å². The Labute approximate surface area is 57.4 Å². The van der Waals surface area contributed by atoms with Crippen molar-refractivity contribution in [3.8, 4) is 0 Å². The van der Waals surface area contributed by atoms with Crippen LogP contribution in [-0.2, 0) is 0 Å². The molecule has 0 aromatic carbocycles. The van der Waals surface area contributed by atoms with Crippen molar-refractivity contribution in [2.75, 3.05) is 0 Å². The Balaban J connectivity index is 3.44. The second kappa shape index (κ2) is 4.57. The van der Waals surface area contributed by atoms with Gasteiger partial charge in [-0.25, -0.2) is 0 Å². The van der Waals surface area contributed by atoms with Gasteiger partial charge >= 0.3 is 0 Å². The molecule has 0 bridgehead atoms. The Morgan fingerprint density at radius 3 is 2.56 bits per heavy atom. The van der Waals surface area contributed by atoms with Crippen LogP contribution in [0.4, 0.5) is 0 Å². The first-order valence-corrected chi connectivity index (χ1v) is 3.51. The van der Waals surface area contributed by atoms with E-state index in [1.807, 2.05) is 19.9 Å². The molecule has 1 heteroatoms. The fourth-order valence-electron chi connectivity index (χ4n) is 0.822. The Hall–Kier alpha value is -0.300. The van der Waals surface area contributed by atoms with Crippen molar-refractivity contribution >= 4 is 0 Å². The molecule has 0 saturated carbocycles. The van der Waals surface area contributed by atoms with E-state index in [0.717, 1.165) is 12.8 Å². The SMILES string of the molecule is C=CC[C@H](C)[C@H](O)CC. The molecule has 0 radical (unpaired) electrons. The van der Waals surface area contributed by atoms with Crippen LogP contribution in [0.3, 0.4) is 0 Å². The maximum atomic E-state index is 9.21. The highest BCUT2D eigenvalue weighted by molar-refractivity contribution is 4.74. The third kappa shape index (κ3) is 3.31. The number of rotatable bonds is 4. The minimum atomic E-state index is -0.150. The van der Waals surface area contributed by atoms with Crippen LogP contribution in [-0.4, -0.2) is 11.2 Å². The second-order valence-corrected chi connectivity index (χ2v) is 2.48. The van der Waals surface area contributed by atoms with Gasteiger partial charge in [-0.2, -0.15) is 0 Å². The zero-order chi connectivity index (χ0) is 7.28. The molecule has 0 saturated heterocycles. The molecule has 0 rings (SSSR count). The van der Waals surface area contributed by atoms with Gasteiger partial charge in [0.25, 0.3) is 0 Å². The summed E-state index contributed by atoms with van der Waals surface area (Å²) in [5, 5.41) is 9.21. The highest BCUT2D eigenvalue weighted by Crippen LogP contribution is 2.10. The Morgan fingerprint density at radius 2 is 2.22 bits per heavy atom. The highest BCUT2D eigenvalue weighted by atomic mass is 16.3. The van der Waals surface area contributed by atoms with E-state index in [0.29, 0.717) is 5.92 Å². The molecule has 0 aliphatic heterocycles. The van der Waals surface area contributed by atoms with Crippen molar-refractivity contribution in [1.82, 2.24) is 0 Å². The van der Waals surface area contributed by atoms with E-state index >= 15 is 0 Å². The highest BCUT2D eigenvalue weighted by Gasteiger charge is 2.08. The molecule has 0 spiro atoms. The summed E-state index contributed by atoms with van der Waals surface area (Å²) in [5.41, 5.74) is 0. The summed E-state index contributed by atoms with van der Waals surface area (Å²) in [4.78, 5) is 0. The van der Waals surface area contributed by atoms with Crippen LogP contribution < -0.4 is 0 Å². The summed E-state index contributed by atoms with van der Waals surface area (Å²) >= 11 is 0. The molecular formula is C8H16O. The van der Waals surface area contributed by atoms with Crippen LogP contribution in [0.25, 0.3) is 0 Å². The van der Waals surface area contributed by atoms with Gasteiger partial charge in [-0.1, -0.05) is 19.9 Å². The minimum absolute atomic E-state index is 0.150. The number of aliphatic hydroxyl groups excluding tert-OH is 1. The fourth-order valence-corrected chi connectivity index (χ4v) is 0.822. The van der Waals surface area contributed by atoms with Crippen LogP contribution in [0.5, 0.6) is 0 Å². The standard InChI is InChI=1S/C8H16O/c1-4-6-7(3)8(9)5-2/h4,7-9H,1,5-6H2,2-3H3/t7-,8+/m0/s1. The first-order chi connectivity index (χ1) is 4.22. The average molecular weight is 128 g/mol. The number of aliphatic hydroxyl groups is 1. The third-order valence-corrected chi connectivity index (χ3v) is 1.61. The van der Waals surface area contributed by atoms with E-state index in [1.54, 1.807) is 0 Å². The van der Waals surface area contributed by atoms with Gasteiger partial charge in [-0.3, -0.25) is 0 Å². The number of allylic oxidation sites excluding steroid dienone is 1. The van der Waals surface area contributed by atoms with Gasteiger partial charge in [0.15, 0.2) is 0 Å². The molecule has 0 aliphatic rings. The van der Waals surface area contributed by atoms with Crippen molar-refractivity contribution in [3.05, 3.63) is 12.7 Å². The lowest BCUT2D eigenvalue weighted by Crippen LogP contribution is -2.15. The molecule has 0 unspecified atom stereocenters. The molecule has 1 nitrogen and oxygen atoms in total. The predicted molar refractivity (Wildman–Crippen MR) is 40.3 cm³/mol. The maximum absolute atomic E-state index is 9.21. The molecule has 0 amide bonds. The van der Waals surface area contributed by atoms with Crippen molar-refractivity contribution in [3.63, 3.8) is 0 Å². The average Bonchev–Trinajstić information content (AvgIpc) is 1.87. The summed E-state index contributed by atoms with van der Waals surface area (Å²) in [7, 11) is 0. The van der Waals surface area contributed by atoms with Gasteiger partial charge in [-0.05, 0) is 18.8 Å². The Kier molecular flexibility index (Phi) is 4.41. The normalized spacial score (nSPS) is 16.8. The minimum Gasteiger partial charge on any atom is -0.393 e. The number of hydrogen-bond donors (Lipinski definition) is 1. The largest absolute Gasteiger partial charge is 0.393 e. The Morgan fingerprint density at radius 1 is 1.67 bits per heavy atom. The molecule has 1 N–H and O–H groups in total. The molecule has 0 aliphatic carbocycles. The van der Waals surface area contributed by atoms with Crippen LogP contribution >= 0.6 is 0 Å². The topological polar surface area (TPSA) is 20.2 Å². The molecule has 0 fully saturated rings. The van der Waals surface area contributed by atoms with Gasteiger partial charge in [0, 0.05) is 0 Å². The van der Waals surface area contributed by atoms with Crippen molar-refractivity contribution < 1.29 is 5.11 Å². The van der Waals surface area contributed by atoms with E-state index in [1.165, 1.54) is 0 Å². The monoisotopic (exact) mass is 128 g/mol. The molecule has 2 atom stereocenters. The maximum Gasteiger partial charge on any atom is 0.0566 e. The van der Waals surface area contributed by atoms with E-state index in [9.17, 15) is 5.11 Å². The molecule has 54 valence electrons. The van der Waals surface area contributed by atoms with E-state index in [-0.39, 0.29) is 6.10 Å². The smallest absolute Gasteiger partial charge is 0.0566 e. The zero-order valence-electron chi connectivity index (χ0n) is 6.30. The fraction of sp³-hybridized carbons (Fsp3) is 0.750. The predicted octanol–water partition coefficient (Wildman–Crippen LogP) is 1.97. The van der Waals surface area contributed by atoms with Crippen LogP contribution in [0.1, 0.15) is 26.7 Å². The van der Waals surface area contributed by atoms with Crippen molar-refractivity contribution in [2.45, 2.75) is 32.8 Å². The summed E-state index contributed by atoms with van der Waals surface area (Å²) in [5.74, 6) is 0.368. The van der Waals surface area contributed by atoms with Gasteiger partial charge in [-0.15, -0.1) is 6.58 Å². The van der Waals surface area contributed by atoms with Crippen LogP contribution in [0, 0.1) is 5.92 Å². The van der Waals surface area contributed by atoms with Crippen LogP contribution in [0.15, 0.2) is 12.7 Å². The molecule has 0 heterocycles. The van der Waals surface area contributed by atoms with Gasteiger partial charge in [0.05, 0.1) is 6.10 Å². The zero-order valence-corrected chi connectivity index (χ0v) is 6.30. The van der Waals surface area contributed by atoms with Crippen LogP contribution in [0.2, 0.25) is 0 Å². The van der Waals surface area contributed by atoms with E-state index < -0.39 is 0 Å². The first kappa shape index (κ1) is 8.70. The molecule has 0 aromatic heterocycles. The lowest BCUT2D eigenvalue weighted by atomic mass is 9.99. The van der Waals surface area contributed by atoms with Crippen molar-refractivity contribution in [1.29, 1.82) is 0 Å². The molecular weight excluding hydrogens is 112 g/mol. The first-order valence-electron chi connectivity index (χ1n) is 3.51.